The van der Waals surface area contributed by atoms with Crippen LogP contribution in [0.2, 0.25) is 0 Å². The third-order valence-electron chi connectivity index (χ3n) is 5.36. The number of carbonyl (C=O) groups excluding carboxylic acids is 1. The van der Waals surface area contributed by atoms with Crippen molar-refractivity contribution < 1.29 is 18.4 Å². The number of methoxy groups -OCH3 is 1. The molecule has 0 N–H and O–H groups in total. The van der Waals surface area contributed by atoms with E-state index in [0.717, 1.165) is 17.0 Å². The fourth-order valence-corrected chi connectivity index (χ4v) is 3.81. The molecule has 0 spiro atoms. The second-order valence-corrected chi connectivity index (χ2v) is 7.43. The molecule has 1 amide bonds. The lowest BCUT2D eigenvalue weighted by Gasteiger charge is -2.24. The molecule has 5 rings (SSSR count). The van der Waals surface area contributed by atoms with Crippen LogP contribution in [-0.2, 0) is 24.2 Å². The number of carbonyl (C=O) groups is 1. The van der Waals surface area contributed by atoms with E-state index in [0.29, 0.717) is 43.5 Å². The number of hydrogen-bond acceptors (Lipinski definition) is 6. The van der Waals surface area contributed by atoms with Gasteiger partial charge in [-0.25, -0.2) is 9.97 Å². The normalized spacial score (nSPS) is 14.4. The summed E-state index contributed by atoms with van der Waals surface area (Å²) in [6.07, 6.45) is 5.48. The van der Waals surface area contributed by atoms with Gasteiger partial charge in [-0.15, -0.1) is 0 Å². The Balaban J connectivity index is 1.31. The quantitative estimate of drug-likeness (QED) is 0.477. The molecular weight excluding hydrogens is 396 g/mol. The van der Waals surface area contributed by atoms with Gasteiger partial charge in [0.1, 0.15) is 17.2 Å². The third-order valence-corrected chi connectivity index (χ3v) is 5.36. The van der Waals surface area contributed by atoms with Crippen LogP contribution in [0.15, 0.2) is 70.0 Å². The minimum Gasteiger partial charge on any atom is -0.454 e. The number of furan rings is 1. The Morgan fingerprint density at radius 3 is 2.84 bits per heavy atom. The van der Waals surface area contributed by atoms with Gasteiger partial charge >= 0.3 is 0 Å². The van der Waals surface area contributed by atoms with Crippen LogP contribution in [0.4, 0.5) is 0 Å². The second kappa shape index (κ2) is 8.23. The fraction of sp³-hybridized carbons (Fsp3) is 0.261. The number of oxazole rings is 1. The molecule has 0 bridgehead atoms. The molecule has 1 aliphatic heterocycles. The Labute approximate surface area is 179 Å². The van der Waals surface area contributed by atoms with Crippen LogP contribution < -0.4 is 0 Å². The van der Waals surface area contributed by atoms with Gasteiger partial charge in [-0.2, -0.15) is 0 Å². The lowest BCUT2D eigenvalue weighted by atomic mass is 10.1. The zero-order valence-corrected chi connectivity index (χ0v) is 17.1. The zero-order chi connectivity index (χ0) is 21.2. The average Bonchev–Trinajstić information content (AvgIpc) is 3.55. The molecule has 4 heterocycles. The summed E-state index contributed by atoms with van der Waals surface area (Å²) in [6.45, 7) is 1.45. The zero-order valence-electron chi connectivity index (χ0n) is 17.1. The summed E-state index contributed by atoms with van der Waals surface area (Å²) < 4.78 is 19.3. The van der Waals surface area contributed by atoms with Crippen molar-refractivity contribution in [1.29, 1.82) is 0 Å². The molecule has 31 heavy (non-hydrogen) atoms. The van der Waals surface area contributed by atoms with Gasteiger partial charge in [-0.3, -0.25) is 4.79 Å². The monoisotopic (exact) mass is 418 g/mol. The SMILES string of the molecule is COC(c1ccccc1)c1nc2c(o1)CCN(C(=O)c1ccc(Cn3ccnc3)o1)C2. The predicted molar refractivity (Wildman–Crippen MR) is 110 cm³/mol. The maximum Gasteiger partial charge on any atom is 0.289 e. The largest absolute Gasteiger partial charge is 0.454 e. The van der Waals surface area contributed by atoms with Gasteiger partial charge in [0.15, 0.2) is 11.9 Å². The topological polar surface area (TPSA) is 86.5 Å². The first-order chi connectivity index (χ1) is 15.2. The van der Waals surface area contributed by atoms with Crippen molar-refractivity contribution in [2.45, 2.75) is 25.6 Å². The van der Waals surface area contributed by atoms with Gasteiger partial charge in [0.2, 0.25) is 5.89 Å². The van der Waals surface area contributed by atoms with E-state index in [2.05, 4.69) is 9.97 Å². The predicted octanol–water partition coefficient (Wildman–Crippen LogP) is 3.45. The molecular formula is C23H22N4O4. The number of nitrogens with zero attached hydrogens (tertiary/aromatic N) is 4. The first-order valence-electron chi connectivity index (χ1n) is 10.1. The summed E-state index contributed by atoms with van der Waals surface area (Å²) in [4.78, 5) is 23.4. The number of hydrogen-bond donors (Lipinski definition) is 0. The highest BCUT2D eigenvalue weighted by molar-refractivity contribution is 5.91. The first-order valence-corrected chi connectivity index (χ1v) is 10.1. The summed E-state index contributed by atoms with van der Waals surface area (Å²) >= 11 is 0. The number of ether oxygens (including phenoxy) is 1. The molecule has 0 saturated heterocycles. The molecule has 1 atom stereocenters. The molecule has 1 unspecified atom stereocenters. The lowest BCUT2D eigenvalue weighted by molar-refractivity contribution is 0.0692. The molecule has 0 fully saturated rings. The molecule has 0 saturated carbocycles. The van der Waals surface area contributed by atoms with Crippen molar-refractivity contribution in [1.82, 2.24) is 19.4 Å². The van der Waals surface area contributed by atoms with E-state index in [1.807, 2.05) is 47.2 Å². The number of fused-ring (bicyclic) bond motifs is 1. The Morgan fingerprint density at radius 2 is 2.06 bits per heavy atom. The number of imidazole rings is 1. The molecule has 8 nitrogen and oxygen atoms in total. The maximum absolute atomic E-state index is 13.0. The molecule has 0 radical (unpaired) electrons. The van der Waals surface area contributed by atoms with Gasteiger partial charge < -0.3 is 23.0 Å². The maximum atomic E-state index is 13.0. The summed E-state index contributed by atoms with van der Waals surface area (Å²) in [6, 6.07) is 13.4. The number of rotatable bonds is 6. The Kier molecular flexibility index (Phi) is 5.13. The van der Waals surface area contributed by atoms with Gasteiger partial charge in [0.05, 0.1) is 19.4 Å². The van der Waals surface area contributed by atoms with Gasteiger partial charge in [-0.05, 0) is 17.7 Å². The van der Waals surface area contributed by atoms with Gasteiger partial charge in [0.25, 0.3) is 5.91 Å². The fourth-order valence-electron chi connectivity index (χ4n) is 3.81. The minimum absolute atomic E-state index is 0.154. The van der Waals surface area contributed by atoms with Crippen molar-refractivity contribution in [3.63, 3.8) is 0 Å². The molecule has 1 aromatic carbocycles. The Bertz CT molecular complexity index is 1160. The van der Waals surface area contributed by atoms with E-state index < -0.39 is 0 Å². The third kappa shape index (κ3) is 3.89. The number of aromatic nitrogens is 3. The summed E-state index contributed by atoms with van der Waals surface area (Å²) in [7, 11) is 1.63. The molecule has 1 aliphatic rings. The van der Waals surface area contributed by atoms with Crippen LogP contribution in [-0.4, -0.2) is 39.0 Å². The van der Waals surface area contributed by atoms with Crippen LogP contribution in [0.25, 0.3) is 0 Å². The molecule has 158 valence electrons. The van der Waals surface area contributed by atoms with E-state index in [1.54, 1.807) is 30.6 Å². The standard InChI is InChI=1S/C23H22N4O4/c1-29-21(16-5-3-2-4-6-16)22-25-18-14-27(11-9-19(18)31-22)23(28)20-8-7-17(30-20)13-26-12-10-24-15-26/h2-8,10,12,15,21H,9,11,13-14H2,1H3. The smallest absolute Gasteiger partial charge is 0.289 e. The van der Waals surface area contributed by atoms with Crippen LogP contribution in [0.1, 0.15) is 45.3 Å². The van der Waals surface area contributed by atoms with E-state index in [9.17, 15) is 4.79 Å². The Hall–Kier alpha value is -3.65. The van der Waals surface area contributed by atoms with E-state index in [1.165, 1.54) is 0 Å². The molecule has 3 aromatic heterocycles. The number of amides is 1. The average molecular weight is 418 g/mol. The van der Waals surface area contributed by atoms with E-state index in [4.69, 9.17) is 13.6 Å². The highest BCUT2D eigenvalue weighted by Crippen LogP contribution is 2.29. The molecule has 4 aromatic rings. The van der Waals surface area contributed by atoms with E-state index in [-0.39, 0.29) is 12.0 Å². The van der Waals surface area contributed by atoms with Crippen molar-refractivity contribution in [2.24, 2.45) is 0 Å². The highest BCUT2D eigenvalue weighted by atomic mass is 16.5. The van der Waals surface area contributed by atoms with Crippen LogP contribution in [0.3, 0.4) is 0 Å². The lowest BCUT2D eigenvalue weighted by Crippen LogP contribution is -2.35. The van der Waals surface area contributed by atoms with Crippen molar-refractivity contribution >= 4 is 5.91 Å². The van der Waals surface area contributed by atoms with Crippen LogP contribution >= 0.6 is 0 Å². The summed E-state index contributed by atoms with van der Waals surface area (Å²) in [5.74, 6) is 2.18. The van der Waals surface area contributed by atoms with Crippen molar-refractivity contribution in [3.8, 4) is 0 Å². The summed E-state index contributed by atoms with van der Waals surface area (Å²) in [5, 5.41) is 0. The molecule has 0 aliphatic carbocycles. The van der Waals surface area contributed by atoms with Crippen LogP contribution in [0, 0.1) is 0 Å². The van der Waals surface area contributed by atoms with Crippen molar-refractivity contribution in [2.75, 3.05) is 13.7 Å². The van der Waals surface area contributed by atoms with Gasteiger partial charge in [0, 0.05) is 32.5 Å². The molecule has 8 heteroatoms. The van der Waals surface area contributed by atoms with Crippen LogP contribution in [0.5, 0.6) is 0 Å². The Morgan fingerprint density at radius 1 is 1.19 bits per heavy atom. The number of benzene rings is 1. The summed E-state index contributed by atoms with van der Waals surface area (Å²) in [5.41, 5.74) is 1.73. The highest BCUT2D eigenvalue weighted by Gasteiger charge is 2.30. The first kappa shape index (κ1) is 19.3. The van der Waals surface area contributed by atoms with Crippen molar-refractivity contribution in [3.05, 3.63) is 95.6 Å². The minimum atomic E-state index is -0.383. The second-order valence-electron chi connectivity index (χ2n) is 7.43. The van der Waals surface area contributed by atoms with Gasteiger partial charge in [-0.1, -0.05) is 30.3 Å². The van der Waals surface area contributed by atoms with E-state index >= 15 is 0 Å².